The molecular weight excluding hydrogens is 544 g/mol. The van der Waals surface area contributed by atoms with Crippen LogP contribution in [0.15, 0.2) is 60.7 Å². The molecule has 11 heteroatoms. The molecule has 0 heterocycles. The summed E-state index contributed by atoms with van der Waals surface area (Å²) in [6, 6.07) is 15.2. The standard InChI is InChI=1S/C30H40N4O6S/c1-20(2)17-24(33-30(39)40-19-22-13-9-6-10-14-22)27(36)32-25(18-21-11-7-5-8-12-21)28(37)31-23(29(38)41)15-16-26(35)34(3)4/h5-14,20,23-25H,15-19H2,1-4H3,(H,31,37)(H,32,36)(H,33,39)(H,38,41)/t23-,24-,25-/m0/s1. The zero-order valence-electron chi connectivity index (χ0n) is 24.0. The molecule has 0 aliphatic carbocycles. The molecule has 0 aromatic heterocycles. The second-order valence-electron chi connectivity index (χ2n) is 10.4. The third kappa shape index (κ3) is 12.5. The molecule has 0 fully saturated rings. The Balaban J connectivity index is 2.16. The van der Waals surface area contributed by atoms with Gasteiger partial charge in [-0.05, 0) is 29.9 Å². The molecule has 0 unspecified atom stereocenters. The Bertz CT molecular complexity index is 1160. The first-order valence-corrected chi connectivity index (χ1v) is 14.0. The molecule has 3 N–H and O–H groups in total. The maximum absolute atomic E-state index is 13.4. The molecule has 0 saturated heterocycles. The van der Waals surface area contributed by atoms with Crippen LogP contribution in [0.25, 0.3) is 0 Å². The number of carbonyl (C=O) groups is 5. The van der Waals surface area contributed by atoms with Gasteiger partial charge in [-0.1, -0.05) is 74.5 Å². The number of benzene rings is 2. The number of hydrogen-bond acceptors (Lipinski definition) is 6. The Kier molecular flexibility index (Phi) is 13.9. The average molecular weight is 585 g/mol. The van der Waals surface area contributed by atoms with Gasteiger partial charge in [-0.15, -0.1) is 12.6 Å². The Morgan fingerprint density at radius 3 is 1.85 bits per heavy atom. The highest BCUT2D eigenvalue weighted by Crippen LogP contribution is 2.10. The van der Waals surface area contributed by atoms with Crippen molar-refractivity contribution < 1.29 is 28.7 Å². The Morgan fingerprint density at radius 2 is 1.32 bits per heavy atom. The number of carbonyl (C=O) groups excluding carboxylic acids is 5. The van der Waals surface area contributed by atoms with Gasteiger partial charge in [0.05, 0.1) is 6.04 Å². The zero-order valence-corrected chi connectivity index (χ0v) is 24.9. The molecule has 222 valence electrons. The topological polar surface area (TPSA) is 134 Å². The number of amides is 4. The number of rotatable bonds is 15. The molecule has 0 aliphatic rings. The van der Waals surface area contributed by atoms with Gasteiger partial charge in [-0.25, -0.2) is 4.79 Å². The number of alkyl carbamates (subject to hydrolysis) is 1. The van der Waals surface area contributed by atoms with Gasteiger partial charge in [-0.2, -0.15) is 0 Å². The van der Waals surface area contributed by atoms with E-state index < -0.39 is 41.1 Å². The largest absolute Gasteiger partial charge is 0.445 e. The fourth-order valence-corrected chi connectivity index (χ4v) is 4.16. The number of nitrogens with one attached hydrogen (secondary N) is 3. The van der Waals surface area contributed by atoms with E-state index in [0.29, 0.717) is 6.42 Å². The molecule has 10 nitrogen and oxygen atoms in total. The molecule has 4 amide bonds. The van der Waals surface area contributed by atoms with Crippen molar-refractivity contribution in [3.63, 3.8) is 0 Å². The maximum atomic E-state index is 13.4. The summed E-state index contributed by atoms with van der Waals surface area (Å²) in [5.41, 5.74) is 1.58. The second kappa shape index (κ2) is 17.1. The van der Waals surface area contributed by atoms with E-state index in [9.17, 15) is 24.0 Å². The van der Waals surface area contributed by atoms with Crippen molar-refractivity contribution in [3.05, 3.63) is 71.8 Å². The van der Waals surface area contributed by atoms with Crippen LogP contribution < -0.4 is 16.0 Å². The molecule has 0 spiro atoms. The van der Waals surface area contributed by atoms with Crippen molar-refractivity contribution in [2.45, 2.75) is 64.3 Å². The summed E-state index contributed by atoms with van der Waals surface area (Å²) in [4.78, 5) is 64.9. The Hall–Kier alpha value is -3.86. The maximum Gasteiger partial charge on any atom is 0.408 e. The summed E-state index contributed by atoms with van der Waals surface area (Å²) in [7, 11) is 3.20. The number of thiol groups is 1. The summed E-state index contributed by atoms with van der Waals surface area (Å²) in [5.74, 6) is -1.33. The van der Waals surface area contributed by atoms with E-state index >= 15 is 0 Å². The van der Waals surface area contributed by atoms with Gasteiger partial charge in [0.15, 0.2) is 0 Å². The lowest BCUT2D eigenvalue weighted by Crippen LogP contribution is -2.56. The number of hydrogen-bond donors (Lipinski definition) is 4. The fraction of sp³-hybridized carbons (Fsp3) is 0.433. The monoisotopic (exact) mass is 584 g/mol. The van der Waals surface area contributed by atoms with Gasteiger partial charge in [0.2, 0.25) is 22.8 Å². The highest BCUT2D eigenvalue weighted by Gasteiger charge is 2.30. The van der Waals surface area contributed by atoms with Crippen LogP contribution >= 0.6 is 12.6 Å². The van der Waals surface area contributed by atoms with Crippen molar-refractivity contribution in [1.82, 2.24) is 20.9 Å². The van der Waals surface area contributed by atoms with E-state index in [-0.39, 0.29) is 37.7 Å². The fourth-order valence-electron chi connectivity index (χ4n) is 3.96. The minimum absolute atomic E-state index is 0.0332. The number of nitrogens with zero attached hydrogens (tertiary/aromatic N) is 1. The SMILES string of the molecule is CC(C)C[C@H](NC(=O)OCc1ccccc1)C(=O)N[C@@H](Cc1ccccc1)C(=O)N[C@@H](CCC(=O)N(C)C)C(=O)S. The summed E-state index contributed by atoms with van der Waals surface area (Å²) in [6.45, 7) is 3.85. The molecule has 2 aromatic carbocycles. The molecule has 3 atom stereocenters. The predicted molar refractivity (Wildman–Crippen MR) is 159 cm³/mol. The molecular formula is C30H40N4O6S. The van der Waals surface area contributed by atoms with E-state index in [1.807, 2.05) is 74.5 Å². The second-order valence-corrected chi connectivity index (χ2v) is 10.8. The van der Waals surface area contributed by atoms with Crippen molar-refractivity contribution in [3.8, 4) is 0 Å². The van der Waals surface area contributed by atoms with Crippen LogP contribution in [0.2, 0.25) is 0 Å². The van der Waals surface area contributed by atoms with Gasteiger partial charge in [-0.3, -0.25) is 19.2 Å². The third-order valence-electron chi connectivity index (χ3n) is 6.20. The van der Waals surface area contributed by atoms with Gasteiger partial charge < -0.3 is 25.6 Å². The lowest BCUT2D eigenvalue weighted by Gasteiger charge is -2.25. The smallest absolute Gasteiger partial charge is 0.408 e. The Labute approximate surface area is 247 Å². The van der Waals surface area contributed by atoms with E-state index in [4.69, 9.17) is 4.74 Å². The zero-order chi connectivity index (χ0) is 30.4. The summed E-state index contributed by atoms with van der Waals surface area (Å²) in [5, 5.41) is 7.39. The van der Waals surface area contributed by atoms with Crippen molar-refractivity contribution in [1.29, 1.82) is 0 Å². The minimum atomic E-state index is -1.07. The van der Waals surface area contributed by atoms with Gasteiger partial charge in [0, 0.05) is 26.9 Å². The van der Waals surface area contributed by atoms with E-state index in [1.54, 1.807) is 14.1 Å². The molecule has 0 saturated carbocycles. The van der Waals surface area contributed by atoms with E-state index in [2.05, 4.69) is 28.6 Å². The lowest BCUT2D eigenvalue weighted by molar-refractivity contribution is -0.132. The molecule has 2 aromatic rings. The molecule has 2 rings (SSSR count). The molecule has 0 bridgehead atoms. The molecule has 0 radical (unpaired) electrons. The minimum Gasteiger partial charge on any atom is -0.445 e. The van der Waals surface area contributed by atoms with E-state index in [1.165, 1.54) is 4.90 Å². The highest BCUT2D eigenvalue weighted by molar-refractivity contribution is 7.96. The van der Waals surface area contributed by atoms with Crippen molar-refractivity contribution in [2.24, 2.45) is 5.92 Å². The molecule has 41 heavy (non-hydrogen) atoms. The quantitative estimate of drug-likeness (QED) is 0.238. The first-order valence-electron chi connectivity index (χ1n) is 13.5. The highest BCUT2D eigenvalue weighted by atomic mass is 32.1. The van der Waals surface area contributed by atoms with Gasteiger partial charge >= 0.3 is 6.09 Å². The van der Waals surface area contributed by atoms with Crippen LogP contribution in [0.1, 0.15) is 44.2 Å². The number of ether oxygens (including phenoxy) is 1. The van der Waals surface area contributed by atoms with Gasteiger partial charge in [0.25, 0.3) is 0 Å². The lowest BCUT2D eigenvalue weighted by atomic mass is 10.0. The van der Waals surface area contributed by atoms with Crippen LogP contribution in [-0.2, 0) is 36.9 Å². The first kappa shape index (κ1) is 33.3. The molecule has 0 aliphatic heterocycles. The summed E-state index contributed by atoms with van der Waals surface area (Å²) >= 11 is 3.89. The average Bonchev–Trinajstić information content (AvgIpc) is 2.93. The normalized spacial score (nSPS) is 12.9. The summed E-state index contributed by atoms with van der Waals surface area (Å²) in [6.07, 6.45) is -0.232. The summed E-state index contributed by atoms with van der Waals surface area (Å²) < 4.78 is 5.29. The van der Waals surface area contributed by atoms with Crippen molar-refractivity contribution in [2.75, 3.05) is 14.1 Å². The van der Waals surface area contributed by atoms with Crippen LogP contribution in [0.3, 0.4) is 0 Å². The predicted octanol–water partition coefficient (Wildman–Crippen LogP) is 2.86. The van der Waals surface area contributed by atoms with Crippen LogP contribution in [0.4, 0.5) is 4.79 Å². The van der Waals surface area contributed by atoms with Crippen LogP contribution in [-0.4, -0.2) is 66.1 Å². The van der Waals surface area contributed by atoms with Crippen LogP contribution in [0.5, 0.6) is 0 Å². The third-order valence-corrected chi connectivity index (χ3v) is 6.52. The van der Waals surface area contributed by atoms with E-state index in [0.717, 1.165) is 11.1 Å². The van der Waals surface area contributed by atoms with Gasteiger partial charge in [0.1, 0.15) is 18.7 Å². The Morgan fingerprint density at radius 1 is 0.780 bits per heavy atom. The van der Waals surface area contributed by atoms with Crippen molar-refractivity contribution >= 4 is 41.6 Å². The first-order chi connectivity index (χ1) is 19.5. The van der Waals surface area contributed by atoms with Crippen LogP contribution in [0, 0.1) is 5.92 Å².